The van der Waals surface area contributed by atoms with Crippen molar-refractivity contribution in [3.05, 3.63) is 28.8 Å². The van der Waals surface area contributed by atoms with Gasteiger partial charge in [0.2, 0.25) is 0 Å². The van der Waals surface area contributed by atoms with Crippen LogP contribution in [0.15, 0.2) is 18.2 Å². The molecule has 3 heteroatoms. The summed E-state index contributed by atoms with van der Waals surface area (Å²) in [6.07, 6.45) is 0.588. The standard InChI is InChI=1S/C13H19ClO2/c1-4-9(2)8-16-13-6-5-11(10(3)15)7-12(13)14/h5-7,9-10,15H,4,8H2,1-3H3. The van der Waals surface area contributed by atoms with Crippen molar-refractivity contribution in [1.29, 1.82) is 0 Å². The predicted octanol–water partition coefficient (Wildman–Crippen LogP) is 3.82. The van der Waals surface area contributed by atoms with Gasteiger partial charge >= 0.3 is 0 Å². The van der Waals surface area contributed by atoms with Gasteiger partial charge in [0, 0.05) is 0 Å². The molecule has 2 atom stereocenters. The van der Waals surface area contributed by atoms with Crippen molar-refractivity contribution in [1.82, 2.24) is 0 Å². The van der Waals surface area contributed by atoms with Crippen LogP contribution in [0.5, 0.6) is 5.75 Å². The van der Waals surface area contributed by atoms with Crippen molar-refractivity contribution in [2.45, 2.75) is 33.3 Å². The first-order valence-electron chi connectivity index (χ1n) is 5.64. The zero-order chi connectivity index (χ0) is 12.1. The molecule has 2 unspecified atom stereocenters. The third kappa shape index (κ3) is 3.69. The van der Waals surface area contributed by atoms with Gasteiger partial charge in [-0.3, -0.25) is 0 Å². The van der Waals surface area contributed by atoms with Crippen LogP contribution in [0.2, 0.25) is 5.02 Å². The topological polar surface area (TPSA) is 29.5 Å². The number of hydrogen-bond acceptors (Lipinski definition) is 2. The van der Waals surface area contributed by atoms with E-state index in [0.717, 1.165) is 12.0 Å². The quantitative estimate of drug-likeness (QED) is 0.851. The molecule has 0 heterocycles. The Labute approximate surface area is 102 Å². The van der Waals surface area contributed by atoms with E-state index in [9.17, 15) is 5.11 Å². The van der Waals surface area contributed by atoms with E-state index in [4.69, 9.17) is 16.3 Å². The van der Waals surface area contributed by atoms with Crippen molar-refractivity contribution in [3.8, 4) is 5.75 Å². The van der Waals surface area contributed by atoms with Crippen LogP contribution in [-0.4, -0.2) is 11.7 Å². The van der Waals surface area contributed by atoms with Crippen LogP contribution in [0.4, 0.5) is 0 Å². The van der Waals surface area contributed by atoms with Gasteiger partial charge in [0.1, 0.15) is 5.75 Å². The molecule has 1 aromatic carbocycles. The fraction of sp³-hybridized carbons (Fsp3) is 0.538. The summed E-state index contributed by atoms with van der Waals surface area (Å²) in [7, 11) is 0. The monoisotopic (exact) mass is 242 g/mol. The third-order valence-electron chi connectivity index (χ3n) is 2.66. The highest BCUT2D eigenvalue weighted by molar-refractivity contribution is 6.32. The SMILES string of the molecule is CCC(C)COc1ccc(C(C)O)cc1Cl. The highest BCUT2D eigenvalue weighted by Gasteiger charge is 2.07. The van der Waals surface area contributed by atoms with Crippen LogP contribution in [0.1, 0.15) is 38.9 Å². The van der Waals surface area contributed by atoms with Crippen LogP contribution < -0.4 is 4.74 Å². The largest absolute Gasteiger partial charge is 0.492 e. The Morgan fingerprint density at radius 2 is 2.06 bits per heavy atom. The molecule has 0 aliphatic heterocycles. The summed E-state index contributed by atoms with van der Waals surface area (Å²) in [5, 5.41) is 9.95. The highest BCUT2D eigenvalue weighted by Crippen LogP contribution is 2.28. The molecular weight excluding hydrogens is 224 g/mol. The Hall–Kier alpha value is -0.730. The summed E-state index contributed by atoms with van der Waals surface area (Å²) in [6, 6.07) is 5.40. The van der Waals surface area contributed by atoms with Crippen LogP contribution in [0.25, 0.3) is 0 Å². The molecule has 0 amide bonds. The smallest absolute Gasteiger partial charge is 0.137 e. The summed E-state index contributed by atoms with van der Waals surface area (Å²) >= 11 is 6.06. The molecule has 1 N–H and O–H groups in total. The molecule has 0 saturated heterocycles. The van der Waals surface area contributed by atoms with Gasteiger partial charge in [-0.1, -0.05) is 37.9 Å². The van der Waals surface area contributed by atoms with E-state index in [1.165, 1.54) is 0 Å². The number of aliphatic hydroxyl groups excluding tert-OH is 1. The van der Waals surface area contributed by atoms with E-state index in [-0.39, 0.29) is 0 Å². The normalized spacial score (nSPS) is 14.6. The van der Waals surface area contributed by atoms with Gasteiger partial charge in [-0.2, -0.15) is 0 Å². The summed E-state index contributed by atoms with van der Waals surface area (Å²) < 4.78 is 5.61. The fourth-order valence-corrected chi connectivity index (χ4v) is 1.49. The van der Waals surface area contributed by atoms with Gasteiger partial charge in [-0.25, -0.2) is 0 Å². The first-order valence-corrected chi connectivity index (χ1v) is 6.02. The van der Waals surface area contributed by atoms with Gasteiger partial charge < -0.3 is 9.84 Å². The lowest BCUT2D eigenvalue weighted by Crippen LogP contribution is -2.07. The molecule has 90 valence electrons. The van der Waals surface area contributed by atoms with E-state index < -0.39 is 6.10 Å². The maximum atomic E-state index is 9.40. The molecule has 0 aliphatic carbocycles. The minimum absolute atomic E-state index is 0.499. The Bertz CT molecular complexity index is 337. The first-order chi connectivity index (χ1) is 7.54. The zero-order valence-electron chi connectivity index (χ0n) is 10.0. The van der Waals surface area contributed by atoms with Crippen LogP contribution in [-0.2, 0) is 0 Å². The molecular formula is C13H19ClO2. The van der Waals surface area contributed by atoms with Crippen molar-refractivity contribution < 1.29 is 9.84 Å². The van der Waals surface area contributed by atoms with Crippen molar-refractivity contribution in [2.75, 3.05) is 6.61 Å². The molecule has 0 fully saturated rings. The van der Waals surface area contributed by atoms with Crippen molar-refractivity contribution in [2.24, 2.45) is 5.92 Å². The number of benzene rings is 1. The van der Waals surface area contributed by atoms with E-state index in [0.29, 0.717) is 23.3 Å². The molecule has 1 aromatic rings. The lowest BCUT2D eigenvalue weighted by atomic mass is 10.1. The molecule has 0 radical (unpaired) electrons. The second kappa shape index (κ2) is 6.12. The van der Waals surface area contributed by atoms with Crippen molar-refractivity contribution in [3.63, 3.8) is 0 Å². The Morgan fingerprint density at radius 1 is 1.38 bits per heavy atom. The maximum Gasteiger partial charge on any atom is 0.137 e. The second-order valence-corrected chi connectivity index (χ2v) is 4.60. The Balaban J connectivity index is 2.68. The number of halogens is 1. The molecule has 0 aliphatic rings. The average molecular weight is 243 g/mol. The first kappa shape index (κ1) is 13.3. The van der Waals surface area contributed by atoms with Crippen LogP contribution >= 0.6 is 11.6 Å². The lowest BCUT2D eigenvalue weighted by Gasteiger charge is -2.13. The number of hydrogen-bond donors (Lipinski definition) is 1. The van der Waals surface area contributed by atoms with Crippen molar-refractivity contribution >= 4 is 11.6 Å². The number of aliphatic hydroxyl groups is 1. The van der Waals surface area contributed by atoms with Gasteiger partial charge in [-0.05, 0) is 30.5 Å². The van der Waals surface area contributed by atoms with E-state index in [1.807, 2.05) is 12.1 Å². The molecule has 0 saturated carbocycles. The van der Waals surface area contributed by atoms with Gasteiger partial charge in [0.05, 0.1) is 17.7 Å². The summed E-state index contributed by atoms with van der Waals surface area (Å²) in [5.74, 6) is 1.21. The molecule has 16 heavy (non-hydrogen) atoms. The maximum absolute atomic E-state index is 9.40. The Morgan fingerprint density at radius 3 is 2.56 bits per heavy atom. The molecule has 0 bridgehead atoms. The fourth-order valence-electron chi connectivity index (χ4n) is 1.24. The minimum atomic E-state index is -0.499. The summed E-state index contributed by atoms with van der Waals surface area (Å²) in [5.41, 5.74) is 0.806. The minimum Gasteiger partial charge on any atom is -0.492 e. The van der Waals surface area contributed by atoms with Gasteiger partial charge in [0.15, 0.2) is 0 Å². The van der Waals surface area contributed by atoms with Crippen LogP contribution in [0.3, 0.4) is 0 Å². The third-order valence-corrected chi connectivity index (χ3v) is 2.95. The Kier molecular flexibility index (Phi) is 5.10. The number of rotatable bonds is 5. The van der Waals surface area contributed by atoms with Gasteiger partial charge in [-0.15, -0.1) is 0 Å². The van der Waals surface area contributed by atoms with Crippen LogP contribution in [0, 0.1) is 5.92 Å². The number of ether oxygens (including phenoxy) is 1. The average Bonchev–Trinajstić information content (AvgIpc) is 2.26. The molecule has 0 aromatic heterocycles. The molecule has 0 spiro atoms. The zero-order valence-corrected chi connectivity index (χ0v) is 10.8. The van der Waals surface area contributed by atoms with Gasteiger partial charge in [0.25, 0.3) is 0 Å². The summed E-state index contributed by atoms with van der Waals surface area (Å²) in [6.45, 7) is 6.65. The lowest BCUT2D eigenvalue weighted by molar-refractivity contribution is 0.199. The van der Waals surface area contributed by atoms with E-state index >= 15 is 0 Å². The van der Waals surface area contributed by atoms with E-state index in [1.54, 1.807) is 13.0 Å². The second-order valence-electron chi connectivity index (χ2n) is 4.19. The molecule has 2 nitrogen and oxygen atoms in total. The van der Waals surface area contributed by atoms with E-state index in [2.05, 4.69) is 13.8 Å². The highest BCUT2D eigenvalue weighted by atomic mass is 35.5. The summed E-state index contributed by atoms with van der Waals surface area (Å²) in [4.78, 5) is 0. The molecule has 1 rings (SSSR count). The predicted molar refractivity (Wildman–Crippen MR) is 67.0 cm³/mol.